The first-order valence-electron chi connectivity index (χ1n) is 10.2. The van der Waals surface area contributed by atoms with E-state index in [0.29, 0.717) is 24.6 Å². The zero-order valence-corrected chi connectivity index (χ0v) is 17.6. The third kappa shape index (κ3) is 4.97. The van der Waals surface area contributed by atoms with Crippen molar-refractivity contribution in [2.24, 2.45) is 5.92 Å². The van der Waals surface area contributed by atoms with Crippen LogP contribution in [0.25, 0.3) is 0 Å². The Morgan fingerprint density at radius 3 is 2.84 bits per heavy atom. The van der Waals surface area contributed by atoms with Crippen LogP contribution in [0.4, 0.5) is 21.7 Å². The first-order valence-corrected chi connectivity index (χ1v) is 10.6. The smallest absolute Gasteiger partial charge is 0.243 e. The molecule has 0 bridgehead atoms. The molecule has 1 saturated carbocycles. The molecule has 2 fully saturated rings. The van der Waals surface area contributed by atoms with Gasteiger partial charge in [-0.3, -0.25) is 4.79 Å². The standard InChI is InChI=1S/C21H23ClFN7O/c22-13-6-14(23)8-16(7-13)28-18(12-3-4-12)21(31)29-15-2-1-5-30(10-15)20-17(9-24)19(25)26-11-27-20/h6-8,11-12,15,18,28H,1-5,10H2,(H,29,31)(H2,25,26,27). The summed E-state index contributed by atoms with van der Waals surface area (Å²) in [6.07, 6.45) is 4.87. The number of nitrogen functional groups attached to an aromatic ring is 1. The van der Waals surface area contributed by atoms with Crippen LogP contribution < -0.4 is 21.3 Å². The second-order valence-electron chi connectivity index (χ2n) is 7.98. The van der Waals surface area contributed by atoms with Gasteiger partial charge in [-0.05, 0) is 49.8 Å². The lowest BCUT2D eigenvalue weighted by atomic mass is 10.0. The SMILES string of the molecule is N#Cc1c(N)ncnc1N1CCCC(NC(=O)C(Nc2cc(F)cc(Cl)c2)C2CC2)C1. The first-order chi connectivity index (χ1) is 14.9. The van der Waals surface area contributed by atoms with Gasteiger partial charge in [0.25, 0.3) is 0 Å². The van der Waals surface area contributed by atoms with Gasteiger partial charge in [-0.15, -0.1) is 0 Å². The van der Waals surface area contributed by atoms with E-state index in [-0.39, 0.29) is 34.3 Å². The van der Waals surface area contributed by atoms with Crippen LogP contribution in [-0.2, 0) is 4.79 Å². The number of amides is 1. The van der Waals surface area contributed by atoms with Crippen molar-refractivity contribution in [3.05, 3.63) is 40.9 Å². The molecule has 10 heteroatoms. The van der Waals surface area contributed by atoms with E-state index in [9.17, 15) is 14.4 Å². The van der Waals surface area contributed by atoms with Crippen LogP contribution >= 0.6 is 11.6 Å². The number of halogens is 2. The number of nitrogens with zero attached hydrogens (tertiary/aromatic N) is 4. The van der Waals surface area contributed by atoms with Crippen molar-refractivity contribution in [2.45, 2.75) is 37.8 Å². The fourth-order valence-electron chi connectivity index (χ4n) is 3.96. The molecule has 1 aliphatic heterocycles. The normalized spacial score (nSPS) is 19.4. The molecule has 1 aliphatic carbocycles. The molecule has 4 rings (SSSR count). The van der Waals surface area contributed by atoms with Crippen molar-refractivity contribution in [1.29, 1.82) is 5.26 Å². The molecular formula is C21H23ClFN7O. The summed E-state index contributed by atoms with van der Waals surface area (Å²) in [6, 6.07) is 5.67. The molecule has 1 aromatic heterocycles. The van der Waals surface area contributed by atoms with Gasteiger partial charge in [0, 0.05) is 29.8 Å². The van der Waals surface area contributed by atoms with E-state index < -0.39 is 11.9 Å². The highest BCUT2D eigenvalue weighted by molar-refractivity contribution is 6.30. The van der Waals surface area contributed by atoms with Gasteiger partial charge in [0.15, 0.2) is 5.82 Å². The Kier molecular flexibility index (Phi) is 6.09. The van der Waals surface area contributed by atoms with E-state index in [0.717, 1.165) is 25.7 Å². The monoisotopic (exact) mass is 443 g/mol. The molecule has 2 heterocycles. The molecule has 2 unspecified atom stereocenters. The molecule has 4 N–H and O–H groups in total. The van der Waals surface area contributed by atoms with Crippen LogP contribution in [-0.4, -0.2) is 41.0 Å². The summed E-state index contributed by atoms with van der Waals surface area (Å²) in [5.41, 5.74) is 6.54. The molecule has 162 valence electrons. The highest BCUT2D eigenvalue weighted by Gasteiger charge is 2.37. The summed E-state index contributed by atoms with van der Waals surface area (Å²) < 4.78 is 13.7. The van der Waals surface area contributed by atoms with Gasteiger partial charge in [-0.2, -0.15) is 5.26 Å². The summed E-state index contributed by atoms with van der Waals surface area (Å²) in [6.45, 7) is 1.23. The largest absolute Gasteiger partial charge is 0.382 e. The van der Waals surface area contributed by atoms with E-state index in [4.69, 9.17) is 17.3 Å². The summed E-state index contributed by atoms with van der Waals surface area (Å²) >= 11 is 5.95. The van der Waals surface area contributed by atoms with Gasteiger partial charge in [0.1, 0.15) is 35.6 Å². The number of nitriles is 1. The van der Waals surface area contributed by atoms with Gasteiger partial charge in [0.2, 0.25) is 5.91 Å². The third-order valence-corrected chi connectivity index (χ3v) is 5.81. The molecule has 2 aliphatic rings. The molecule has 1 amide bonds. The summed E-state index contributed by atoms with van der Waals surface area (Å²) in [4.78, 5) is 23.1. The number of piperidine rings is 1. The summed E-state index contributed by atoms with van der Waals surface area (Å²) in [5.74, 6) is 0.252. The van der Waals surface area contributed by atoms with Crippen LogP contribution in [0.3, 0.4) is 0 Å². The van der Waals surface area contributed by atoms with Gasteiger partial charge in [-0.25, -0.2) is 14.4 Å². The number of aromatic nitrogens is 2. The van der Waals surface area contributed by atoms with E-state index in [1.807, 2.05) is 4.90 Å². The highest BCUT2D eigenvalue weighted by Crippen LogP contribution is 2.35. The number of rotatable bonds is 6. The average Bonchev–Trinajstić information content (AvgIpc) is 3.56. The number of hydrogen-bond donors (Lipinski definition) is 3. The molecule has 2 aromatic rings. The minimum absolute atomic E-state index is 0.108. The fourth-order valence-corrected chi connectivity index (χ4v) is 4.18. The van der Waals surface area contributed by atoms with Gasteiger partial charge < -0.3 is 21.3 Å². The van der Waals surface area contributed by atoms with E-state index in [1.54, 1.807) is 6.07 Å². The maximum atomic E-state index is 13.7. The lowest BCUT2D eigenvalue weighted by Gasteiger charge is -2.35. The predicted molar refractivity (Wildman–Crippen MR) is 116 cm³/mol. The topological polar surface area (TPSA) is 120 Å². The second kappa shape index (κ2) is 8.94. The Balaban J connectivity index is 1.44. The second-order valence-corrected chi connectivity index (χ2v) is 8.42. The quantitative estimate of drug-likeness (QED) is 0.627. The van der Waals surface area contributed by atoms with Gasteiger partial charge in [0.05, 0.1) is 0 Å². The number of benzene rings is 1. The molecule has 0 spiro atoms. The Labute approximate surface area is 184 Å². The van der Waals surface area contributed by atoms with E-state index >= 15 is 0 Å². The van der Waals surface area contributed by atoms with Crippen LogP contribution in [0, 0.1) is 23.1 Å². The van der Waals surface area contributed by atoms with Crippen LogP contribution in [0.15, 0.2) is 24.5 Å². The van der Waals surface area contributed by atoms with Crippen molar-refractivity contribution in [2.75, 3.05) is 29.0 Å². The van der Waals surface area contributed by atoms with Gasteiger partial charge in [-0.1, -0.05) is 11.6 Å². The van der Waals surface area contributed by atoms with Crippen molar-refractivity contribution < 1.29 is 9.18 Å². The Morgan fingerprint density at radius 1 is 1.32 bits per heavy atom. The molecule has 1 aromatic carbocycles. The number of carbonyl (C=O) groups is 1. The molecule has 31 heavy (non-hydrogen) atoms. The number of carbonyl (C=O) groups excluding carboxylic acids is 1. The van der Waals surface area contributed by atoms with Crippen molar-refractivity contribution >= 4 is 34.8 Å². The van der Waals surface area contributed by atoms with Crippen molar-refractivity contribution in [1.82, 2.24) is 15.3 Å². The third-order valence-electron chi connectivity index (χ3n) is 5.60. The first kappa shape index (κ1) is 21.1. The highest BCUT2D eigenvalue weighted by atomic mass is 35.5. The molecule has 1 saturated heterocycles. The Hall–Kier alpha value is -3.12. The number of nitrogens with two attached hydrogens (primary N) is 1. The zero-order valence-electron chi connectivity index (χ0n) is 16.8. The minimum Gasteiger partial charge on any atom is -0.382 e. The summed E-state index contributed by atoms with van der Waals surface area (Å²) in [7, 11) is 0. The van der Waals surface area contributed by atoms with Gasteiger partial charge >= 0.3 is 0 Å². The predicted octanol–water partition coefficient (Wildman–Crippen LogP) is 2.70. The Morgan fingerprint density at radius 2 is 2.13 bits per heavy atom. The Bertz CT molecular complexity index is 1000. The minimum atomic E-state index is -0.461. The fraction of sp³-hybridized carbons (Fsp3) is 0.429. The number of nitrogens with one attached hydrogen (secondary N) is 2. The molecule has 8 nitrogen and oxygen atoms in total. The van der Waals surface area contributed by atoms with E-state index in [2.05, 4.69) is 26.7 Å². The lowest BCUT2D eigenvalue weighted by molar-refractivity contribution is -0.123. The zero-order chi connectivity index (χ0) is 22.0. The van der Waals surface area contributed by atoms with Crippen LogP contribution in [0.2, 0.25) is 5.02 Å². The number of hydrogen-bond acceptors (Lipinski definition) is 7. The molecule has 0 radical (unpaired) electrons. The maximum absolute atomic E-state index is 13.7. The molecule has 2 atom stereocenters. The van der Waals surface area contributed by atoms with Crippen LogP contribution in [0.1, 0.15) is 31.2 Å². The van der Waals surface area contributed by atoms with Crippen molar-refractivity contribution in [3.63, 3.8) is 0 Å². The average molecular weight is 444 g/mol. The molecular weight excluding hydrogens is 421 g/mol. The van der Waals surface area contributed by atoms with Crippen molar-refractivity contribution in [3.8, 4) is 6.07 Å². The summed E-state index contributed by atoms with van der Waals surface area (Å²) in [5, 5.41) is 16.0. The lowest BCUT2D eigenvalue weighted by Crippen LogP contribution is -2.52. The number of anilines is 3. The van der Waals surface area contributed by atoms with Crippen LogP contribution in [0.5, 0.6) is 0 Å². The van der Waals surface area contributed by atoms with E-state index in [1.165, 1.54) is 18.5 Å². The maximum Gasteiger partial charge on any atom is 0.243 e.